The van der Waals surface area contributed by atoms with Crippen molar-refractivity contribution in [2.24, 2.45) is 0 Å². The number of phenolic OH excluding ortho intramolecular Hbond substituents is 1. The zero-order valence-corrected chi connectivity index (χ0v) is 6.55. The van der Waals surface area contributed by atoms with Crippen molar-refractivity contribution < 1.29 is 26.4 Å². The fourth-order valence-electron chi connectivity index (χ4n) is 0.870. The molecule has 0 aliphatic carbocycles. The molecule has 1 aromatic carbocycles. The molecule has 1 heterocycles. The van der Waals surface area contributed by atoms with Gasteiger partial charge in [-0.15, -0.1) is 0 Å². The second-order valence-electron chi connectivity index (χ2n) is 2.17. The molecule has 0 amide bonds. The molecule has 0 bridgehead atoms. The maximum absolute atomic E-state index is 9.20. The van der Waals surface area contributed by atoms with E-state index in [0.717, 1.165) is 5.56 Å². The maximum atomic E-state index is 9.20. The second kappa shape index (κ2) is 3.22. The SMILES string of the molecule is Oc1ccccc1C1NO1.[Ni]. The minimum atomic E-state index is -0.0961. The first-order chi connectivity index (χ1) is 4.88. The van der Waals surface area contributed by atoms with Crippen molar-refractivity contribution in [3.05, 3.63) is 29.8 Å². The van der Waals surface area contributed by atoms with Crippen molar-refractivity contribution in [1.29, 1.82) is 0 Å². The molecule has 0 radical (unpaired) electrons. The predicted molar refractivity (Wildman–Crippen MR) is 35.1 cm³/mol. The number of hydroxylamine groups is 1. The van der Waals surface area contributed by atoms with E-state index in [1.807, 2.05) is 12.1 Å². The van der Waals surface area contributed by atoms with Crippen LogP contribution in [-0.4, -0.2) is 5.11 Å². The fraction of sp³-hybridized carbons (Fsp3) is 0.143. The smallest absolute Gasteiger partial charge is 0.180 e. The maximum Gasteiger partial charge on any atom is 0.180 e. The third-order valence-electron chi connectivity index (χ3n) is 1.45. The Morgan fingerprint density at radius 3 is 2.55 bits per heavy atom. The largest absolute Gasteiger partial charge is 0.508 e. The first kappa shape index (κ1) is 8.53. The van der Waals surface area contributed by atoms with Gasteiger partial charge in [-0.3, -0.25) is 4.84 Å². The van der Waals surface area contributed by atoms with E-state index in [2.05, 4.69) is 5.48 Å². The summed E-state index contributed by atoms with van der Waals surface area (Å²) in [4.78, 5) is 4.77. The zero-order chi connectivity index (χ0) is 6.97. The third kappa shape index (κ3) is 1.72. The molecule has 1 atom stereocenters. The summed E-state index contributed by atoms with van der Waals surface area (Å²) < 4.78 is 0. The van der Waals surface area contributed by atoms with Crippen LogP contribution in [0.15, 0.2) is 24.3 Å². The number of hydrogen-bond acceptors (Lipinski definition) is 3. The topological polar surface area (TPSA) is 54.7 Å². The Bertz CT molecular complexity index is 250. The van der Waals surface area contributed by atoms with Gasteiger partial charge in [-0.05, 0) is 6.07 Å². The zero-order valence-electron chi connectivity index (χ0n) is 5.56. The molecule has 1 aliphatic rings. The first-order valence-electron chi connectivity index (χ1n) is 3.07. The van der Waals surface area contributed by atoms with Crippen LogP contribution < -0.4 is 5.48 Å². The van der Waals surface area contributed by atoms with E-state index in [9.17, 15) is 5.11 Å². The van der Waals surface area contributed by atoms with Gasteiger partial charge in [-0.2, -0.15) is 5.48 Å². The average Bonchev–Trinajstić information content (AvgIpc) is 2.71. The van der Waals surface area contributed by atoms with Gasteiger partial charge in [0.1, 0.15) is 5.75 Å². The molecule has 1 fully saturated rings. The van der Waals surface area contributed by atoms with Crippen LogP contribution in [0.25, 0.3) is 0 Å². The van der Waals surface area contributed by atoms with Gasteiger partial charge in [0.25, 0.3) is 0 Å². The monoisotopic (exact) mass is 195 g/mol. The molecule has 1 aliphatic heterocycles. The normalized spacial score (nSPS) is 20.5. The van der Waals surface area contributed by atoms with Crippen LogP contribution in [-0.2, 0) is 21.3 Å². The van der Waals surface area contributed by atoms with Crippen molar-refractivity contribution in [1.82, 2.24) is 5.48 Å². The van der Waals surface area contributed by atoms with Crippen LogP contribution in [0.3, 0.4) is 0 Å². The summed E-state index contributed by atoms with van der Waals surface area (Å²) >= 11 is 0. The molecule has 3 nitrogen and oxygen atoms in total. The van der Waals surface area contributed by atoms with Crippen LogP contribution in [0.4, 0.5) is 0 Å². The molecular formula is C7H7NNiO2. The number of hydrogen-bond donors (Lipinski definition) is 2. The van der Waals surface area contributed by atoms with Crippen molar-refractivity contribution in [3.8, 4) is 5.75 Å². The van der Waals surface area contributed by atoms with E-state index in [1.165, 1.54) is 0 Å². The molecule has 62 valence electrons. The van der Waals surface area contributed by atoms with Crippen LogP contribution in [0.1, 0.15) is 11.8 Å². The van der Waals surface area contributed by atoms with Gasteiger partial charge in [0.05, 0.1) is 0 Å². The van der Waals surface area contributed by atoms with E-state index in [4.69, 9.17) is 4.84 Å². The quantitative estimate of drug-likeness (QED) is 0.518. The molecule has 1 saturated heterocycles. The molecule has 4 heteroatoms. The molecule has 2 N–H and O–H groups in total. The fourth-order valence-corrected chi connectivity index (χ4v) is 0.870. The minimum Gasteiger partial charge on any atom is -0.508 e. The van der Waals surface area contributed by atoms with E-state index in [0.29, 0.717) is 0 Å². The van der Waals surface area contributed by atoms with Gasteiger partial charge in [0.15, 0.2) is 6.23 Å². The summed E-state index contributed by atoms with van der Waals surface area (Å²) in [6.45, 7) is 0. The third-order valence-corrected chi connectivity index (χ3v) is 1.45. The number of nitrogens with one attached hydrogen (secondary N) is 1. The summed E-state index contributed by atoms with van der Waals surface area (Å²) in [6, 6.07) is 7.10. The van der Waals surface area contributed by atoms with E-state index in [-0.39, 0.29) is 28.5 Å². The molecule has 1 unspecified atom stereocenters. The van der Waals surface area contributed by atoms with Crippen molar-refractivity contribution in [2.75, 3.05) is 0 Å². The average molecular weight is 196 g/mol. The number of para-hydroxylation sites is 1. The summed E-state index contributed by atoms with van der Waals surface area (Å²) in [7, 11) is 0. The Balaban J connectivity index is 0.000000605. The van der Waals surface area contributed by atoms with Gasteiger partial charge in [-0.1, -0.05) is 18.2 Å². The van der Waals surface area contributed by atoms with Gasteiger partial charge in [0.2, 0.25) is 0 Å². The van der Waals surface area contributed by atoms with Crippen LogP contribution >= 0.6 is 0 Å². The Morgan fingerprint density at radius 1 is 1.36 bits per heavy atom. The molecule has 1 aromatic rings. The Labute approximate surface area is 74.2 Å². The molecule has 0 aromatic heterocycles. The number of aromatic hydroxyl groups is 1. The summed E-state index contributed by atoms with van der Waals surface area (Å²) in [5.41, 5.74) is 3.43. The first-order valence-corrected chi connectivity index (χ1v) is 3.07. The molecule has 11 heavy (non-hydrogen) atoms. The number of benzene rings is 1. The summed E-state index contributed by atoms with van der Waals surface area (Å²) in [5.74, 6) is 0.275. The van der Waals surface area contributed by atoms with Gasteiger partial charge in [-0.25, -0.2) is 0 Å². The Kier molecular flexibility index (Phi) is 2.50. The standard InChI is InChI=1S/C7H7NO2.Ni/c9-6-4-2-1-3-5(6)7-8-10-7;/h1-4,7-9H;. The molecule has 0 spiro atoms. The minimum absolute atomic E-state index is 0. The van der Waals surface area contributed by atoms with Gasteiger partial charge in [0, 0.05) is 22.1 Å². The second-order valence-corrected chi connectivity index (χ2v) is 2.17. The number of phenols is 1. The van der Waals surface area contributed by atoms with E-state index in [1.54, 1.807) is 12.1 Å². The summed E-state index contributed by atoms with van der Waals surface area (Å²) in [6.07, 6.45) is -0.0961. The van der Waals surface area contributed by atoms with Crippen LogP contribution in [0.5, 0.6) is 5.75 Å². The van der Waals surface area contributed by atoms with Crippen molar-refractivity contribution in [2.45, 2.75) is 6.23 Å². The van der Waals surface area contributed by atoms with E-state index < -0.39 is 0 Å². The molecule has 0 saturated carbocycles. The van der Waals surface area contributed by atoms with Crippen molar-refractivity contribution in [3.63, 3.8) is 0 Å². The number of rotatable bonds is 1. The van der Waals surface area contributed by atoms with Gasteiger partial charge < -0.3 is 5.11 Å². The predicted octanol–water partition coefficient (Wildman–Crippen LogP) is 0.923. The summed E-state index contributed by atoms with van der Waals surface area (Å²) in [5, 5.41) is 9.20. The van der Waals surface area contributed by atoms with Crippen molar-refractivity contribution >= 4 is 0 Å². The molecule has 2 rings (SSSR count). The Morgan fingerprint density at radius 2 is 2.00 bits per heavy atom. The molecular weight excluding hydrogens is 189 g/mol. The van der Waals surface area contributed by atoms with E-state index >= 15 is 0 Å². The van der Waals surface area contributed by atoms with Crippen LogP contribution in [0.2, 0.25) is 0 Å². The Hall–Kier alpha value is -0.566. The van der Waals surface area contributed by atoms with Crippen LogP contribution in [0, 0.1) is 0 Å². The van der Waals surface area contributed by atoms with Gasteiger partial charge >= 0.3 is 0 Å².